The summed E-state index contributed by atoms with van der Waals surface area (Å²) in [5, 5.41) is 3.05. The van der Waals surface area contributed by atoms with E-state index in [2.05, 4.69) is 45.3 Å². The van der Waals surface area contributed by atoms with Crippen molar-refractivity contribution in [2.75, 3.05) is 63.4 Å². The predicted molar refractivity (Wildman–Crippen MR) is 93.5 cm³/mol. The fourth-order valence-electron chi connectivity index (χ4n) is 2.35. The summed E-state index contributed by atoms with van der Waals surface area (Å²) in [6.07, 6.45) is 4.21. The highest BCUT2D eigenvalue weighted by Crippen LogP contribution is 2.36. The van der Waals surface area contributed by atoms with Gasteiger partial charge in [-0.05, 0) is 19.7 Å². The van der Waals surface area contributed by atoms with Crippen molar-refractivity contribution in [1.82, 2.24) is 14.9 Å². The largest absolute Gasteiger partial charge is 0.477 e. The highest BCUT2D eigenvalue weighted by Gasteiger charge is 2.22. The van der Waals surface area contributed by atoms with Gasteiger partial charge in [-0.2, -0.15) is 9.97 Å². The summed E-state index contributed by atoms with van der Waals surface area (Å²) < 4.78 is 5.91. The van der Waals surface area contributed by atoms with Crippen molar-refractivity contribution in [2.24, 2.45) is 0 Å². The monoisotopic (exact) mass is 325 g/mol. The average Bonchev–Trinajstić information content (AvgIpc) is 2.55. The van der Waals surface area contributed by atoms with E-state index in [1.165, 1.54) is 0 Å². The van der Waals surface area contributed by atoms with Gasteiger partial charge in [-0.3, -0.25) is 0 Å². The number of thioether (sulfide) groups is 1. The van der Waals surface area contributed by atoms with Gasteiger partial charge in [0.2, 0.25) is 11.8 Å². The summed E-state index contributed by atoms with van der Waals surface area (Å²) in [5.41, 5.74) is 0. The van der Waals surface area contributed by atoms with Crippen molar-refractivity contribution in [2.45, 2.75) is 24.7 Å². The first kappa shape index (κ1) is 17.1. The first-order valence-electron chi connectivity index (χ1n) is 7.89. The van der Waals surface area contributed by atoms with Crippen LogP contribution >= 0.6 is 11.8 Å². The third-order valence-corrected chi connectivity index (χ3v) is 4.55. The van der Waals surface area contributed by atoms with E-state index in [0.717, 1.165) is 49.7 Å². The van der Waals surface area contributed by atoms with Crippen molar-refractivity contribution in [1.29, 1.82) is 0 Å². The third kappa shape index (κ3) is 4.16. The van der Waals surface area contributed by atoms with E-state index in [9.17, 15) is 0 Å². The molecule has 6 nitrogen and oxygen atoms in total. The molecule has 0 aliphatic carbocycles. The summed E-state index contributed by atoms with van der Waals surface area (Å²) in [6, 6.07) is 0. The Labute approximate surface area is 137 Å². The van der Waals surface area contributed by atoms with Gasteiger partial charge >= 0.3 is 0 Å². The van der Waals surface area contributed by atoms with Gasteiger partial charge in [0, 0.05) is 33.2 Å². The van der Waals surface area contributed by atoms with Crippen LogP contribution in [0.4, 0.5) is 11.8 Å². The molecule has 2 rings (SSSR count). The Kier molecular flexibility index (Phi) is 6.57. The van der Waals surface area contributed by atoms with Gasteiger partial charge in [0.1, 0.15) is 4.90 Å². The number of rotatable bonds is 7. The lowest BCUT2D eigenvalue weighted by Gasteiger charge is -2.34. The van der Waals surface area contributed by atoms with Crippen molar-refractivity contribution in [3.05, 3.63) is 0 Å². The molecular formula is C15H27N5OS. The van der Waals surface area contributed by atoms with Crippen LogP contribution in [-0.2, 0) is 0 Å². The quantitative estimate of drug-likeness (QED) is 0.609. The molecule has 1 N–H and O–H groups in total. The molecule has 0 bridgehead atoms. The minimum atomic E-state index is 0.623. The lowest BCUT2D eigenvalue weighted by atomic mass is 10.3. The Morgan fingerprint density at radius 3 is 2.55 bits per heavy atom. The van der Waals surface area contributed by atoms with E-state index in [1.807, 2.05) is 7.05 Å². The maximum atomic E-state index is 5.91. The number of ether oxygens (including phenoxy) is 1. The number of piperazine rings is 1. The molecule has 0 saturated carbocycles. The van der Waals surface area contributed by atoms with E-state index in [-0.39, 0.29) is 0 Å². The SMILES string of the molecule is CCCCOc1nc(NC)nc(N2CCN(C)CC2)c1SC. The molecule has 1 saturated heterocycles. The molecule has 0 aromatic carbocycles. The Bertz CT molecular complexity index is 477. The summed E-state index contributed by atoms with van der Waals surface area (Å²) >= 11 is 1.66. The van der Waals surface area contributed by atoms with Gasteiger partial charge in [-0.15, -0.1) is 11.8 Å². The van der Waals surface area contributed by atoms with Gasteiger partial charge in [0.15, 0.2) is 5.82 Å². The molecule has 1 aliphatic heterocycles. The second-order valence-electron chi connectivity index (χ2n) is 5.45. The van der Waals surface area contributed by atoms with Crippen LogP contribution in [-0.4, -0.2) is 68.0 Å². The lowest BCUT2D eigenvalue weighted by molar-refractivity contribution is 0.288. The number of hydrogen-bond acceptors (Lipinski definition) is 7. The number of nitrogens with one attached hydrogen (secondary N) is 1. The molecule has 0 spiro atoms. The second-order valence-corrected chi connectivity index (χ2v) is 6.27. The number of aromatic nitrogens is 2. The molecule has 0 atom stereocenters. The molecule has 0 radical (unpaired) electrons. The van der Waals surface area contributed by atoms with E-state index in [1.54, 1.807) is 11.8 Å². The maximum absolute atomic E-state index is 5.91. The molecule has 7 heteroatoms. The van der Waals surface area contributed by atoms with Crippen molar-refractivity contribution in [3.63, 3.8) is 0 Å². The molecule has 1 aliphatic rings. The summed E-state index contributed by atoms with van der Waals surface area (Å²) in [5.74, 6) is 2.32. The van der Waals surface area contributed by atoms with Crippen LogP contribution in [0.5, 0.6) is 5.88 Å². The Morgan fingerprint density at radius 1 is 1.23 bits per heavy atom. The molecule has 1 aromatic heterocycles. The van der Waals surface area contributed by atoms with Gasteiger partial charge in [-0.1, -0.05) is 13.3 Å². The standard InChI is InChI=1S/C15H27N5OS/c1-5-6-11-21-14-12(22-4)13(17-15(16-2)18-14)20-9-7-19(3)8-10-20/h5-11H2,1-4H3,(H,16,17,18). The highest BCUT2D eigenvalue weighted by molar-refractivity contribution is 7.98. The van der Waals surface area contributed by atoms with Gasteiger partial charge in [0.25, 0.3) is 0 Å². The lowest BCUT2D eigenvalue weighted by Crippen LogP contribution is -2.45. The third-order valence-electron chi connectivity index (χ3n) is 3.78. The van der Waals surface area contributed by atoms with Gasteiger partial charge < -0.3 is 19.9 Å². The minimum absolute atomic E-state index is 0.623. The molecule has 124 valence electrons. The van der Waals surface area contributed by atoms with Crippen LogP contribution in [0.1, 0.15) is 19.8 Å². The van der Waals surface area contributed by atoms with Crippen LogP contribution in [0.15, 0.2) is 4.90 Å². The van der Waals surface area contributed by atoms with E-state index < -0.39 is 0 Å². The van der Waals surface area contributed by atoms with Gasteiger partial charge in [0.05, 0.1) is 6.61 Å². The first-order chi connectivity index (χ1) is 10.7. The number of hydrogen-bond donors (Lipinski definition) is 1. The zero-order valence-corrected chi connectivity index (χ0v) is 14.9. The van der Waals surface area contributed by atoms with Crippen LogP contribution in [0.2, 0.25) is 0 Å². The fourth-order valence-corrected chi connectivity index (χ4v) is 2.99. The zero-order valence-electron chi connectivity index (χ0n) is 14.1. The topological polar surface area (TPSA) is 53.5 Å². The van der Waals surface area contributed by atoms with Crippen LogP contribution in [0.25, 0.3) is 0 Å². The van der Waals surface area contributed by atoms with E-state index in [0.29, 0.717) is 18.4 Å². The fraction of sp³-hybridized carbons (Fsp3) is 0.733. The van der Waals surface area contributed by atoms with Crippen molar-refractivity contribution >= 4 is 23.5 Å². The van der Waals surface area contributed by atoms with E-state index in [4.69, 9.17) is 4.74 Å². The van der Waals surface area contributed by atoms with Crippen molar-refractivity contribution in [3.8, 4) is 5.88 Å². The molecule has 0 unspecified atom stereocenters. The molecule has 2 heterocycles. The average molecular weight is 325 g/mol. The Morgan fingerprint density at radius 2 is 1.95 bits per heavy atom. The number of likely N-dealkylation sites (N-methyl/N-ethyl adjacent to an activating group) is 1. The van der Waals surface area contributed by atoms with Crippen LogP contribution in [0, 0.1) is 0 Å². The summed E-state index contributed by atoms with van der Waals surface area (Å²) in [4.78, 5) is 14.9. The molecular weight excluding hydrogens is 298 g/mol. The zero-order chi connectivity index (χ0) is 15.9. The molecule has 0 amide bonds. The summed E-state index contributed by atoms with van der Waals surface area (Å²) in [7, 11) is 4.00. The molecule has 22 heavy (non-hydrogen) atoms. The minimum Gasteiger partial charge on any atom is -0.477 e. The van der Waals surface area contributed by atoms with Gasteiger partial charge in [-0.25, -0.2) is 0 Å². The first-order valence-corrected chi connectivity index (χ1v) is 9.12. The van der Waals surface area contributed by atoms with E-state index >= 15 is 0 Å². The number of anilines is 2. The Hall–Kier alpha value is -1.21. The molecule has 1 fully saturated rings. The normalized spacial score (nSPS) is 15.9. The van der Waals surface area contributed by atoms with Crippen LogP contribution in [0.3, 0.4) is 0 Å². The smallest absolute Gasteiger partial charge is 0.234 e. The second kappa shape index (κ2) is 8.43. The number of nitrogens with zero attached hydrogens (tertiary/aromatic N) is 4. The van der Waals surface area contributed by atoms with Crippen molar-refractivity contribution < 1.29 is 4.74 Å². The highest BCUT2D eigenvalue weighted by atomic mass is 32.2. The Balaban J connectivity index is 2.27. The molecule has 1 aromatic rings. The maximum Gasteiger partial charge on any atom is 0.234 e. The summed E-state index contributed by atoms with van der Waals surface area (Å²) in [6.45, 7) is 6.94. The number of unbranched alkanes of at least 4 members (excludes halogenated alkanes) is 1. The predicted octanol–water partition coefficient (Wildman–Crippen LogP) is 2.17. The van der Waals surface area contributed by atoms with Crippen LogP contribution < -0.4 is 15.0 Å².